The summed E-state index contributed by atoms with van der Waals surface area (Å²) in [6, 6.07) is 0.633. The monoisotopic (exact) mass is 158 g/mol. The van der Waals surface area contributed by atoms with Gasteiger partial charge in [-0.1, -0.05) is 0 Å². The second kappa shape index (κ2) is 3.11. The maximum Gasteiger partial charge on any atom is 0.0843 e. The first-order valence-corrected chi connectivity index (χ1v) is 4.55. The zero-order valence-electron chi connectivity index (χ0n) is 7.64. The quantitative estimate of drug-likeness (QED) is 0.575. The molecule has 11 heavy (non-hydrogen) atoms. The van der Waals surface area contributed by atoms with Crippen LogP contribution in [0.15, 0.2) is 0 Å². The topological polar surface area (TPSA) is 47.9 Å². The third-order valence-corrected chi connectivity index (χ3v) is 2.85. The van der Waals surface area contributed by atoms with Crippen LogP contribution in [-0.2, 0) is 0 Å². The molecule has 0 radical (unpaired) electrons. The summed E-state index contributed by atoms with van der Waals surface area (Å²) in [4.78, 5) is 0. The van der Waals surface area contributed by atoms with Gasteiger partial charge in [-0.3, -0.25) is 0 Å². The van der Waals surface area contributed by atoms with E-state index in [0.717, 1.165) is 12.8 Å². The minimum absolute atomic E-state index is 0.472. The summed E-state index contributed by atoms with van der Waals surface area (Å²) in [6.07, 6.45) is 4.68. The van der Waals surface area contributed by atoms with Crippen molar-refractivity contribution < 1.29 is 10.8 Å². The first-order valence-electron chi connectivity index (χ1n) is 4.55. The summed E-state index contributed by atoms with van der Waals surface area (Å²) in [5, 5.41) is 9.71. The molecule has 0 bridgehead atoms. The number of rotatable bonds is 1. The highest BCUT2D eigenvalue weighted by Gasteiger charge is 2.31. The van der Waals surface area contributed by atoms with Gasteiger partial charge in [0, 0.05) is 0 Å². The molecule has 0 atom stereocenters. The Hall–Kier alpha value is -0.0800. The van der Waals surface area contributed by atoms with E-state index >= 15 is 0 Å². The van der Waals surface area contributed by atoms with Crippen molar-refractivity contribution in [2.45, 2.75) is 51.2 Å². The molecule has 0 aromatic rings. The average Bonchev–Trinajstić information content (AvgIpc) is 1.86. The Labute approximate surface area is 68.8 Å². The van der Waals surface area contributed by atoms with Gasteiger partial charge in [0.2, 0.25) is 0 Å². The molecule has 2 heteroatoms. The molecule has 0 unspecified atom stereocenters. The van der Waals surface area contributed by atoms with Crippen molar-refractivity contribution in [3.63, 3.8) is 0 Å². The van der Waals surface area contributed by atoms with Crippen molar-refractivity contribution in [1.82, 2.24) is 0 Å². The normalized spacial score (nSPS) is 33.8. The molecule has 1 fully saturated rings. The highest BCUT2D eigenvalue weighted by atomic mass is 16.3. The van der Waals surface area contributed by atoms with Gasteiger partial charge in [-0.2, -0.15) is 0 Å². The lowest BCUT2D eigenvalue weighted by Gasteiger charge is -2.33. The van der Waals surface area contributed by atoms with E-state index in [1.807, 2.05) is 13.8 Å². The van der Waals surface area contributed by atoms with Crippen molar-refractivity contribution in [3.05, 3.63) is 0 Å². The Morgan fingerprint density at radius 2 is 1.64 bits per heavy atom. The second-order valence-corrected chi connectivity index (χ2v) is 4.37. The van der Waals surface area contributed by atoms with Crippen LogP contribution in [0.3, 0.4) is 0 Å². The van der Waals surface area contributed by atoms with E-state index in [4.69, 9.17) is 0 Å². The van der Waals surface area contributed by atoms with Crippen LogP contribution in [0.1, 0.15) is 39.5 Å². The standard InChI is InChI=1S/C9H19NO/c1-9(2,11)7-3-5-8(10)6-4-7/h7-8,11H,3-6,10H2,1-2H3/p+1. The summed E-state index contributed by atoms with van der Waals surface area (Å²) in [5.74, 6) is 0.500. The third-order valence-electron chi connectivity index (χ3n) is 2.85. The molecule has 1 aliphatic carbocycles. The molecule has 2 nitrogen and oxygen atoms in total. The first kappa shape index (κ1) is 9.01. The molecule has 0 saturated heterocycles. The highest BCUT2D eigenvalue weighted by molar-refractivity contribution is 4.82. The zero-order valence-corrected chi connectivity index (χ0v) is 7.64. The van der Waals surface area contributed by atoms with Crippen molar-refractivity contribution in [2.75, 3.05) is 0 Å². The second-order valence-electron chi connectivity index (χ2n) is 4.37. The molecule has 1 aliphatic rings. The van der Waals surface area contributed by atoms with E-state index in [1.54, 1.807) is 0 Å². The SMILES string of the molecule is CC(C)(O)C1CCC([NH3+])CC1. The van der Waals surface area contributed by atoms with Crippen LogP contribution in [0.2, 0.25) is 0 Å². The molecule has 66 valence electrons. The number of hydrogen-bond acceptors (Lipinski definition) is 1. The van der Waals surface area contributed by atoms with Gasteiger partial charge in [0.15, 0.2) is 0 Å². The van der Waals surface area contributed by atoms with Gasteiger partial charge >= 0.3 is 0 Å². The average molecular weight is 158 g/mol. The van der Waals surface area contributed by atoms with E-state index < -0.39 is 5.60 Å². The van der Waals surface area contributed by atoms with E-state index in [0.29, 0.717) is 12.0 Å². The Bertz CT molecular complexity index is 120. The van der Waals surface area contributed by atoms with Crippen LogP contribution in [0.25, 0.3) is 0 Å². The number of quaternary nitrogens is 1. The Morgan fingerprint density at radius 3 is 2.00 bits per heavy atom. The minimum atomic E-state index is -0.472. The predicted octanol–water partition coefficient (Wildman–Crippen LogP) is 0.558. The summed E-state index contributed by atoms with van der Waals surface area (Å²) in [5.41, 5.74) is 3.56. The summed E-state index contributed by atoms with van der Waals surface area (Å²) < 4.78 is 0. The van der Waals surface area contributed by atoms with E-state index in [-0.39, 0.29) is 0 Å². The summed E-state index contributed by atoms with van der Waals surface area (Å²) in [6.45, 7) is 3.84. The molecule has 0 spiro atoms. The van der Waals surface area contributed by atoms with E-state index in [9.17, 15) is 5.11 Å². The van der Waals surface area contributed by atoms with Gasteiger partial charge in [0.1, 0.15) is 0 Å². The van der Waals surface area contributed by atoms with E-state index in [2.05, 4.69) is 5.73 Å². The van der Waals surface area contributed by atoms with Gasteiger partial charge in [-0.25, -0.2) is 0 Å². The molecule has 0 heterocycles. The van der Waals surface area contributed by atoms with Crippen molar-refractivity contribution in [2.24, 2.45) is 5.92 Å². The fourth-order valence-electron chi connectivity index (χ4n) is 1.87. The van der Waals surface area contributed by atoms with Crippen LogP contribution in [0, 0.1) is 5.92 Å². The predicted molar refractivity (Wildman–Crippen MR) is 44.9 cm³/mol. The molecular weight excluding hydrogens is 138 g/mol. The molecule has 0 aromatic heterocycles. The Kier molecular flexibility index (Phi) is 2.55. The van der Waals surface area contributed by atoms with Crippen LogP contribution >= 0.6 is 0 Å². The molecule has 0 amide bonds. The zero-order chi connectivity index (χ0) is 8.48. The van der Waals surface area contributed by atoms with E-state index in [1.165, 1.54) is 12.8 Å². The van der Waals surface area contributed by atoms with Crippen molar-refractivity contribution in [1.29, 1.82) is 0 Å². The van der Waals surface area contributed by atoms with Gasteiger partial charge in [-0.05, 0) is 45.4 Å². The lowest BCUT2D eigenvalue weighted by atomic mass is 9.77. The number of aliphatic hydroxyl groups is 1. The van der Waals surface area contributed by atoms with Crippen LogP contribution in [0.5, 0.6) is 0 Å². The summed E-state index contributed by atoms with van der Waals surface area (Å²) >= 11 is 0. The van der Waals surface area contributed by atoms with Crippen molar-refractivity contribution >= 4 is 0 Å². The van der Waals surface area contributed by atoms with Gasteiger partial charge in [0.05, 0.1) is 11.6 Å². The van der Waals surface area contributed by atoms with Gasteiger partial charge in [0.25, 0.3) is 0 Å². The fourth-order valence-corrected chi connectivity index (χ4v) is 1.87. The maximum absolute atomic E-state index is 9.71. The lowest BCUT2D eigenvalue weighted by Crippen LogP contribution is -2.62. The van der Waals surface area contributed by atoms with Crippen molar-refractivity contribution in [3.8, 4) is 0 Å². The third kappa shape index (κ3) is 2.46. The molecule has 1 rings (SSSR count). The Balaban J connectivity index is 2.39. The summed E-state index contributed by atoms with van der Waals surface area (Å²) in [7, 11) is 0. The number of hydrogen-bond donors (Lipinski definition) is 2. The van der Waals surface area contributed by atoms with Crippen LogP contribution < -0.4 is 5.73 Å². The van der Waals surface area contributed by atoms with Gasteiger partial charge in [-0.15, -0.1) is 0 Å². The fraction of sp³-hybridized carbons (Fsp3) is 1.00. The largest absolute Gasteiger partial charge is 0.390 e. The van der Waals surface area contributed by atoms with Crippen LogP contribution in [-0.4, -0.2) is 16.7 Å². The Morgan fingerprint density at radius 1 is 1.18 bits per heavy atom. The molecular formula is C9H20NO+. The highest BCUT2D eigenvalue weighted by Crippen LogP contribution is 2.31. The first-order chi connectivity index (χ1) is 5.00. The van der Waals surface area contributed by atoms with Gasteiger partial charge < -0.3 is 10.8 Å². The maximum atomic E-state index is 9.71. The molecule has 1 saturated carbocycles. The lowest BCUT2D eigenvalue weighted by molar-refractivity contribution is -0.427. The smallest absolute Gasteiger partial charge is 0.0843 e. The molecule has 4 N–H and O–H groups in total. The van der Waals surface area contributed by atoms with Crippen LogP contribution in [0.4, 0.5) is 0 Å². The molecule has 0 aromatic carbocycles. The molecule has 0 aliphatic heterocycles. The minimum Gasteiger partial charge on any atom is -0.390 e.